The molecule has 1 aliphatic heterocycles. The molecule has 1 aromatic heterocycles. The molecule has 4 nitrogen and oxygen atoms in total. The van der Waals surface area contributed by atoms with Gasteiger partial charge in [0.25, 0.3) is 5.91 Å². The zero-order valence-corrected chi connectivity index (χ0v) is 13.9. The van der Waals surface area contributed by atoms with Gasteiger partial charge < -0.3 is 14.4 Å². The zero-order valence-electron chi connectivity index (χ0n) is 13.9. The van der Waals surface area contributed by atoms with Crippen molar-refractivity contribution >= 4 is 22.5 Å². The molecule has 4 rings (SSSR count). The molecule has 0 unspecified atom stereocenters. The number of benzene rings is 2. The Morgan fingerprint density at radius 1 is 0.875 bits per heavy atom. The van der Waals surface area contributed by atoms with Crippen molar-refractivity contribution in [3.63, 3.8) is 0 Å². The van der Waals surface area contributed by atoms with E-state index in [9.17, 15) is 4.79 Å². The summed E-state index contributed by atoms with van der Waals surface area (Å²) in [6.07, 6.45) is 2.01. The van der Waals surface area contributed by atoms with Crippen LogP contribution in [0.1, 0.15) is 10.4 Å². The van der Waals surface area contributed by atoms with Crippen molar-refractivity contribution in [2.75, 3.05) is 31.1 Å². The van der Waals surface area contributed by atoms with Gasteiger partial charge >= 0.3 is 0 Å². The molecule has 0 atom stereocenters. The van der Waals surface area contributed by atoms with E-state index < -0.39 is 0 Å². The first-order valence-electron chi connectivity index (χ1n) is 8.37. The van der Waals surface area contributed by atoms with E-state index in [0.717, 1.165) is 42.6 Å². The number of piperazine rings is 1. The number of para-hydroxylation sites is 2. The molecule has 1 aliphatic rings. The molecular formula is C20H21N3O. The van der Waals surface area contributed by atoms with Crippen molar-refractivity contribution in [3.05, 3.63) is 66.4 Å². The minimum atomic E-state index is 0.134. The molecule has 0 radical (unpaired) electrons. The summed E-state index contributed by atoms with van der Waals surface area (Å²) in [7, 11) is 1.99. The first-order chi connectivity index (χ1) is 11.7. The molecule has 1 saturated heterocycles. The lowest BCUT2D eigenvalue weighted by molar-refractivity contribution is 0.0748. The Bertz CT molecular complexity index is 861. The van der Waals surface area contributed by atoms with E-state index in [0.29, 0.717) is 0 Å². The van der Waals surface area contributed by atoms with Crippen LogP contribution < -0.4 is 4.90 Å². The van der Waals surface area contributed by atoms with Crippen molar-refractivity contribution in [3.8, 4) is 0 Å². The summed E-state index contributed by atoms with van der Waals surface area (Å²) in [6.45, 7) is 3.26. The summed E-state index contributed by atoms with van der Waals surface area (Å²) in [5.41, 5.74) is 3.05. The third-order valence-corrected chi connectivity index (χ3v) is 4.82. The lowest BCUT2D eigenvalue weighted by Crippen LogP contribution is -2.48. The number of aryl methyl sites for hydroxylation is 1. The second-order valence-corrected chi connectivity index (χ2v) is 6.28. The largest absolute Gasteiger partial charge is 0.368 e. The number of hydrogen-bond donors (Lipinski definition) is 0. The van der Waals surface area contributed by atoms with Crippen LogP contribution in [0, 0.1) is 0 Å². The average molecular weight is 319 g/mol. The van der Waals surface area contributed by atoms with E-state index in [1.165, 1.54) is 5.69 Å². The predicted octanol–water partition coefficient (Wildman–Crippen LogP) is 3.14. The monoisotopic (exact) mass is 319 g/mol. The fourth-order valence-electron chi connectivity index (χ4n) is 3.51. The number of nitrogens with zero attached hydrogens (tertiary/aromatic N) is 3. The molecule has 122 valence electrons. The van der Waals surface area contributed by atoms with Gasteiger partial charge in [-0.15, -0.1) is 0 Å². The van der Waals surface area contributed by atoms with Gasteiger partial charge in [0, 0.05) is 50.5 Å². The van der Waals surface area contributed by atoms with Gasteiger partial charge in [0.15, 0.2) is 0 Å². The standard InChI is InChI=1S/C20H21N3O/c1-21-11-10-16-6-5-9-18(19(16)21)20(24)23-14-12-22(13-15-23)17-7-3-2-4-8-17/h2-11H,12-15H2,1H3. The second kappa shape index (κ2) is 6.04. The molecule has 0 bridgehead atoms. The third kappa shape index (κ3) is 2.54. The van der Waals surface area contributed by atoms with Gasteiger partial charge in [-0.3, -0.25) is 4.79 Å². The van der Waals surface area contributed by atoms with Gasteiger partial charge in [-0.1, -0.05) is 30.3 Å². The fraction of sp³-hybridized carbons (Fsp3) is 0.250. The van der Waals surface area contributed by atoms with Crippen molar-refractivity contribution in [2.45, 2.75) is 0 Å². The number of carbonyl (C=O) groups is 1. The molecule has 0 N–H and O–H groups in total. The van der Waals surface area contributed by atoms with Crippen molar-refractivity contribution in [1.82, 2.24) is 9.47 Å². The highest BCUT2D eigenvalue weighted by Gasteiger charge is 2.24. The number of aromatic nitrogens is 1. The average Bonchev–Trinajstić information content (AvgIpc) is 3.03. The van der Waals surface area contributed by atoms with Crippen LogP contribution >= 0.6 is 0 Å². The van der Waals surface area contributed by atoms with Gasteiger partial charge in [-0.25, -0.2) is 0 Å². The Balaban J connectivity index is 1.53. The first kappa shape index (κ1) is 14.8. The maximum atomic E-state index is 13.0. The number of carbonyl (C=O) groups excluding carboxylic acids is 1. The number of fused-ring (bicyclic) bond motifs is 1. The van der Waals surface area contributed by atoms with E-state index in [2.05, 4.69) is 41.3 Å². The van der Waals surface area contributed by atoms with Crippen molar-refractivity contribution in [2.24, 2.45) is 7.05 Å². The van der Waals surface area contributed by atoms with Crippen LogP contribution in [0.25, 0.3) is 10.9 Å². The number of rotatable bonds is 2. The molecule has 1 amide bonds. The van der Waals surface area contributed by atoms with Crippen LogP contribution in [-0.4, -0.2) is 41.6 Å². The number of amides is 1. The zero-order chi connectivity index (χ0) is 16.5. The maximum Gasteiger partial charge on any atom is 0.256 e. The molecular weight excluding hydrogens is 298 g/mol. The fourth-order valence-corrected chi connectivity index (χ4v) is 3.51. The highest BCUT2D eigenvalue weighted by atomic mass is 16.2. The van der Waals surface area contributed by atoms with Crippen LogP contribution in [0.4, 0.5) is 5.69 Å². The Morgan fingerprint density at radius 3 is 2.38 bits per heavy atom. The maximum absolute atomic E-state index is 13.0. The van der Waals surface area contributed by atoms with Gasteiger partial charge in [-0.05, 0) is 24.3 Å². The molecule has 0 saturated carbocycles. The highest BCUT2D eigenvalue weighted by molar-refractivity contribution is 6.06. The Labute approximate surface area is 141 Å². The summed E-state index contributed by atoms with van der Waals surface area (Å²) in [6, 6.07) is 18.4. The number of hydrogen-bond acceptors (Lipinski definition) is 2. The number of anilines is 1. The van der Waals surface area contributed by atoms with E-state index in [1.807, 2.05) is 40.9 Å². The van der Waals surface area contributed by atoms with Crippen LogP contribution in [-0.2, 0) is 7.05 Å². The molecule has 0 aliphatic carbocycles. The topological polar surface area (TPSA) is 28.5 Å². The minimum absolute atomic E-state index is 0.134. The Kier molecular flexibility index (Phi) is 3.73. The van der Waals surface area contributed by atoms with E-state index >= 15 is 0 Å². The van der Waals surface area contributed by atoms with Crippen LogP contribution in [0.2, 0.25) is 0 Å². The van der Waals surface area contributed by atoms with Crippen LogP contribution in [0.3, 0.4) is 0 Å². The van der Waals surface area contributed by atoms with Crippen LogP contribution in [0.15, 0.2) is 60.8 Å². The SMILES string of the molecule is Cn1ccc2cccc(C(=O)N3CCN(c4ccccc4)CC3)c21. The third-order valence-electron chi connectivity index (χ3n) is 4.82. The summed E-state index contributed by atoms with van der Waals surface area (Å²) in [5, 5.41) is 1.12. The summed E-state index contributed by atoms with van der Waals surface area (Å²) < 4.78 is 2.03. The summed E-state index contributed by atoms with van der Waals surface area (Å²) in [4.78, 5) is 17.3. The van der Waals surface area contributed by atoms with E-state index in [1.54, 1.807) is 0 Å². The highest BCUT2D eigenvalue weighted by Crippen LogP contribution is 2.22. The van der Waals surface area contributed by atoms with Crippen molar-refractivity contribution < 1.29 is 4.79 Å². The van der Waals surface area contributed by atoms with Crippen molar-refractivity contribution in [1.29, 1.82) is 0 Å². The minimum Gasteiger partial charge on any atom is -0.368 e. The van der Waals surface area contributed by atoms with Gasteiger partial charge in [0.05, 0.1) is 11.1 Å². The van der Waals surface area contributed by atoms with Gasteiger partial charge in [0.2, 0.25) is 0 Å². The smallest absolute Gasteiger partial charge is 0.256 e. The van der Waals surface area contributed by atoms with E-state index in [4.69, 9.17) is 0 Å². The quantitative estimate of drug-likeness (QED) is 0.726. The predicted molar refractivity (Wildman–Crippen MR) is 97.5 cm³/mol. The molecule has 0 spiro atoms. The molecule has 4 heteroatoms. The molecule has 24 heavy (non-hydrogen) atoms. The lowest BCUT2D eigenvalue weighted by atomic mass is 10.1. The molecule has 3 aromatic rings. The lowest BCUT2D eigenvalue weighted by Gasteiger charge is -2.36. The molecule has 2 heterocycles. The van der Waals surface area contributed by atoms with Crippen LogP contribution in [0.5, 0.6) is 0 Å². The normalized spacial score (nSPS) is 15.0. The van der Waals surface area contributed by atoms with Gasteiger partial charge in [-0.2, -0.15) is 0 Å². The second-order valence-electron chi connectivity index (χ2n) is 6.28. The Morgan fingerprint density at radius 2 is 1.62 bits per heavy atom. The molecule has 2 aromatic carbocycles. The van der Waals surface area contributed by atoms with Gasteiger partial charge in [0.1, 0.15) is 0 Å². The first-order valence-corrected chi connectivity index (χ1v) is 8.37. The molecule has 1 fully saturated rings. The summed E-state index contributed by atoms with van der Waals surface area (Å²) >= 11 is 0. The Hall–Kier alpha value is -2.75. The van der Waals surface area contributed by atoms with E-state index in [-0.39, 0.29) is 5.91 Å². The summed E-state index contributed by atoms with van der Waals surface area (Å²) in [5.74, 6) is 0.134.